The van der Waals surface area contributed by atoms with E-state index in [2.05, 4.69) is 6.58 Å². The number of rotatable bonds is 5. The summed E-state index contributed by atoms with van der Waals surface area (Å²) in [6, 6.07) is 0. The molecule has 0 saturated carbocycles. The monoisotopic (exact) mass is 422 g/mol. The van der Waals surface area contributed by atoms with Crippen LogP contribution in [-0.2, 0) is 28.6 Å². The predicted molar refractivity (Wildman–Crippen MR) is 107 cm³/mol. The van der Waals surface area contributed by atoms with E-state index in [0.29, 0.717) is 12.0 Å². The molecule has 0 radical (unpaired) electrons. The summed E-state index contributed by atoms with van der Waals surface area (Å²) in [6.07, 6.45) is -0.0639. The zero-order valence-corrected chi connectivity index (χ0v) is 17.8. The Morgan fingerprint density at radius 1 is 1.33 bits per heavy atom. The van der Waals surface area contributed by atoms with Crippen LogP contribution < -0.4 is 0 Å². The maximum absolute atomic E-state index is 12.5. The molecule has 0 aromatic heterocycles. The van der Waals surface area contributed by atoms with E-state index in [1.54, 1.807) is 19.9 Å². The molecule has 1 fully saturated rings. The van der Waals surface area contributed by atoms with Crippen LogP contribution in [0.25, 0.3) is 0 Å². The smallest absolute Gasteiger partial charge is 0.334 e. The Balaban J connectivity index is 2.53. The maximum Gasteiger partial charge on any atom is 0.334 e. The summed E-state index contributed by atoms with van der Waals surface area (Å²) in [6.45, 7) is 9.80. The molecule has 2 rings (SSSR count). The maximum atomic E-state index is 12.5. The van der Waals surface area contributed by atoms with Crippen molar-refractivity contribution in [3.63, 3.8) is 0 Å². The molecule has 0 amide bonds. The van der Waals surface area contributed by atoms with Crippen LogP contribution in [0.1, 0.15) is 40.5 Å². The van der Waals surface area contributed by atoms with Gasteiger partial charge >= 0.3 is 17.9 Å². The summed E-state index contributed by atoms with van der Waals surface area (Å²) in [5, 5.41) is 20.5. The molecule has 6 atom stereocenters. The van der Waals surface area contributed by atoms with Crippen molar-refractivity contribution in [2.45, 2.75) is 65.0 Å². The molecule has 2 N–H and O–H groups in total. The van der Waals surface area contributed by atoms with Gasteiger partial charge in [-0.1, -0.05) is 20.4 Å². The lowest BCUT2D eigenvalue weighted by molar-refractivity contribution is -0.154. The van der Waals surface area contributed by atoms with Crippen LogP contribution >= 0.6 is 0 Å². The van der Waals surface area contributed by atoms with Gasteiger partial charge in [0.2, 0.25) is 0 Å². The Morgan fingerprint density at radius 2 is 2.00 bits per heavy atom. The zero-order valence-electron chi connectivity index (χ0n) is 17.8. The molecule has 30 heavy (non-hydrogen) atoms. The molecule has 8 nitrogen and oxygen atoms in total. The second-order valence-corrected chi connectivity index (χ2v) is 7.79. The van der Waals surface area contributed by atoms with E-state index in [9.17, 15) is 24.6 Å². The topological polar surface area (TPSA) is 119 Å². The van der Waals surface area contributed by atoms with Crippen molar-refractivity contribution in [2.75, 3.05) is 6.61 Å². The molecule has 1 saturated heterocycles. The minimum atomic E-state index is -1.03. The van der Waals surface area contributed by atoms with Gasteiger partial charge in [0.1, 0.15) is 18.3 Å². The quantitative estimate of drug-likeness (QED) is 0.297. The molecule has 2 aliphatic rings. The number of aliphatic hydroxyl groups is 2. The van der Waals surface area contributed by atoms with Crippen LogP contribution in [0.3, 0.4) is 0 Å². The SMILES string of the molecule is C=C1C(=O)OC2/C=C(\CO)C(OC(C)=O)CC(O)/C(C)=C/C(OC(=O)C(C)CC)C12. The van der Waals surface area contributed by atoms with Gasteiger partial charge in [0.05, 0.1) is 24.5 Å². The van der Waals surface area contributed by atoms with Crippen molar-refractivity contribution >= 4 is 17.9 Å². The fraction of sp³-hybridized carbons (Fsp3) is 0.591. The normalized spacial score (nSPS) is 33.9. The van der Waals surface area contributed by atoms with E-state index in [1.165, 1.54) is 13.0 Å². The lowest BCUT2D eigenvalue weighted by Crippen LogP contribution is -2.36. The van der Waals surface area contributed by atoms with Crippen molar-refractivity contribution in [3.05, 3.63) is 35.5 Å². The van der Waals surface area contributed by atoms with E-state index < -0.39 is 54.8 Å². The number of carbonyl (C=O) groups is 3. The molecule has 0 bridgehead atoms. The molecule has 1 aliphatic heterocycles. The third kappa shape index (κ3) is 5.37. The number of esters is 3. The van der Waals surface area contributed by atoms with Crippen LogP contribution in [-0.4, -0.2) is 59.1 Å². The molecule has 6 unspecified atom stereocenters. The van der Waals surface area contributed by atoms with E-state index >= 15 is 0 Å². The van der Waals surface area contributed by atoms with E-state index in [4.69, 9.17) is 14.2 Å². The van der Waals surface area contributed by atoms with Gasteiger partial charge in [0.25, 0.3) is 0 Å². The highest BCUT2D eigenvalue weighted by Crippen LogP contribution is 2.36. The van der Waals surface area contributed by atoms with Gasteiger partial charge in [-0.15, -0.1) is 0 Å². The van der Waals surface area contributed by atoms with Gasteiger partial charge < -0.3 is 24.4 Å². The van der Waals surface area contributed by atoms with E-state index in [-0.39, 0.29) is 23.5 Å². The lowest BCUT2D eigenvalue weighted by atomic mass is 9.85. The molecular weight excluding hydrogens is 392 g/mol. The number of hydrogen-bond donors (Lipinski definition) is 2. The molecular formula is C22H30O8. The first-order valence-corrected chi connectivity index (χ1v) is 10.0. The Morgan fingerprint density at radius 3 is 2.57 bits per heavy atom. The Labute approximate surface area is 176 Å². The summed E-state index contributed by atoms with van der Waals surface area (Å²) in [7, 11) is 0. The summed E-state index contributed by atoms with van der Waals surface area (Å²) >= 11 is 0. The van der Waals surface area contributed by atoms with Crippen molar-refractivity contribution in [3.8, 4) is 0 Å². The summed E-state index contributed by atoms with van der Waals surface area (Å²) in [5.74, 6) is -2.74. The first-order chi connectivity index (χ1) is 14.1. The molecule has 166 valence electrons. The second kappa shape index (κ2) is 10.0. The number of ether oxygens (including phenoxy) is 3. The van der Waals surface area contributed by atoms with Crippen molar-refractivity contribution in [2.24, 2.45) is 11.8 Å². The first-order valence-electron chi connectivity index (χ1n) is 10.0. The average molecular weight is 422 g/mol. The van der Waals surface area contributed by atoms with Crippen molar-refractivity contribution in [1.29, 1.82) is 0 Å². The number of fused-ring (bicyclic) bond motifs is 1. The lowest BCUT2D eigenvalue weighted by Gasteiger charge is -2.29. The third-order valence-corrected chi connectivity index (χ3v) is 5.56. The molecule has 8 heteroatoms. The van der Waals surface area contributed by atoms with Crippen LogP contribution in [0, 0.1) is 11.8 Å². The molecule has 0 spiro atoms. The van der Waals surface area contributed by atoms with Crippen LogP contribution in [0.5, 0.6) is 0 Å². The van der Waals surface area contributed by atoms with Crippen LogP contribution in [0.15, 0.2) is 35.5 Å². The minimum Gasteiger partial charge on any atom is -0.458 e. The summed E-state index contributed by atoms with van der Waals surface area (Å²) in [4.78, 5) is 36.2. The number of aliphatic hydroxyl groups excluding tert-OH is 2. The number of hydrogen-bond acceptors (Lipinski definition) is 8. The molecule has 1 heterocycles. The fourth-order valence-corrected chi connectivity index (χ4v) is 3.47. The average Bonchev–Trinajstić information content (AvgIpc) is 2.96. The first kappa shape index (κ1) is 23.8. The van der Waals surface area contributed by atoms with Crippen LogP contribution in [0.2, 0.25) is 0 Å². The number of carbonyl (C=O) groups excluding carboxylic acids is 3. The summed E-state index contributed by atoms with van der Waals surface area (Å²) in [5.41, 5.74) is 0.876. The largest absolute Gasteiger partial charge is 0.458 e. The zero-order chi connectivity index (χ0) is 22.6. The van der Waals surface area contributed by atoms with Gasteiger partial charge in [-0.2, -0.15) is 0 Å². The standard InChI is InChI=1S/C22H30O8/c1-6-11(2)21(26)29-18-7-12(3)16(25)9-17(28-14(5)24)15(10-23)8-19-20(18)13(4)22(27)30-19/h7-8,11,16-20,23,25H,4,6,9-10H2,1-3,5H3/b12-7+,15-8+. The van der Waals surface area contributed by atoms with Crippen LogP contribution in [0.4, 0.5) is 0 Å². The fourth-order valence-electron chi connectivity index (χ4n) is 3.47. The van der Waals surface area contributed by atoms with Crippen molar-refractivity contribution in [1.82, 2.24) is 0 Å². The summed E-state index contributed by atoms with van der Waals surface area (Å²) < 4.78 is 16.4. The van der Waals surface area contributed by atoms with Gasteiger partial charge in [0, 0.05) is 18.9 Å². The Bertz CT molecular complexity index is 765. The molecule has 1 aliphatic carbocycles. The van der Waals surface area contributed by atoms with Gasteiger partial charge in [-0.3, -0.25) is 9.59 Å². The van der Waals surface area contributed by atoms with E-state index in [1.807, 2.05) is 6.92 Å². The van der Waals surface area contributed by atoms with Gasteiger partial charge in [0.15, 0.2) is 0 Å². The highest BCUT2D eigenvalue weighted by molar-refractivity contribution is 5.91. The van der Waals surface area contributed by atoms with Crippen molar-refractivity contribution < 1.29 is 38.8 Å². The predicted octanol–water partition coefficient (Wildman–Crippen LogP) is 1.60. The molecule has 0 aromatic rings. The molecule has 0 aromatic carbocycles. The minimum absolute atomic E-state index is 0.00733. The Hall–Kier alpha value is -2.45. The van der Waals surface area contributed by atoms with Gasteiger partial charge in [-0.25, -0.2) is 4.79 Å². The highest BCUT2D eigenvalue weighted by atomic mass is 16.6. The Kier molecular flexibility index (Phi) is 7.97. The van der Waals surface area contributed by atoms with E-state index in [0.717, 1.165) is 0 Å². The highest BCUT2D eigenvalue weighted by Gasteiger charge is 2.45. The second-order valence-electron chi connectivity index (χ2n) is 7.79. The third-order valence-electron chi connectivity index (χ3n) is 5.56. The van der Waals surface area contributed by atoms with Gasteiger partial charge in [-0.05, 0) is 36.6 Å².